The molecule has 0 atom stereocenters. The molecule has 178 valence electrons. The molecule has 5 heteroatoms. The topological polar surface area (TPSA) is 77.1 Å². The van der Waals surface area contributed by atoms with Crippen LogP contribution in [-0.2, 0) is 6.42 Å². The molecule has 5 nitrogen and oxygen atoms in total. The van der Waals surface area contributed by atoms with Crippen LogP contribution in [0.25, 0.3) is 22.0 Å². The monoisotopic (exact) mass is 457 g/mol. The maximum atomic E-state index is 13.4. The van der Waals surface area contributed by atoms with Crippen LogP contribution in [0.2, 0.25) is 0 Å². The van der Waals surface area contributed by atoms with Gasteiger partial charge in [-0.1, -0.05) is 57.4 Å². The minimum atomic E-state index is -0.417. The van der Waals surface area contributed by atoms with Gasteiger partial charge in [-0.15, -0.1) is 0 Å². The van der Waals surface area contributed by atoms with Crippen LogP contribution in [-0.4, -0.2) is 22.4 Å². The van der Waals surface area contributed by atoms with E-state index in [4.69, 9.17) is 5.73 Å². The minimum Gasteiger partial charge on any atom is -0.382 e. The Kier molecular flexibility index (Phi) is 5.97. The summed E-state index contributed by atoms with van der Waals surface area (Å²) in [6.07, 6.45) is 9.32. The van der Waals surface area contributed by atoms with Crippen LogP contribution in [0.1, 0.15) is 86.1 Å². The predicted molar refractivity (Wildman–Crippen MR) is 138 cm³/mol. The van der Waals surface area contributed by atoms with Gasteiger partial charge < -0.3 is 11.1 Å². The maximum Gasteiger partial charge on any atom is 0.250 e. The van der Waals surface area contributed by atoms with E-state index in [0.717, 1.165) is 65.5 Å². The number of anilines is 1. The van der Waals surface area contributed by atoms with Crippen LogP contribution >= 0.6 is 0 Å². The minimum absolute atomic E-state index is 0.00739. The Balaban J connectivity index is 1.68. The fourth-order valence-electron chi connectivity index (χ4n) is 6.14. The zero-order valence-corrected chi connectivity index (χ0v) is 20.3. The number of aromatic nitrogens is 1. The van der Waals surface area contributed by atoms with Crippen molar-refractivity contribution < 1.29 is 9.59 Å². The Morgan fingerprint density at radius 2 is 1.79 bits per heavy atom. The Bertz CT molecular complexity index is 1250. The lowest BCUT2D eigenvalue weighted by Gasteiger charge is -2.36. The number of para-hydroxylation sites is 1. The SMILES string of the molecule is CCC1(CC)CC(=O)n2c(c(-c3ccc(C(N)=O)c(NC4CCCCC4)c3)c3ccccc32)C1. The van der Waals surface area contributed by atoms with Crippen molar-refractivity contribution in [1.29, 1.82) is 0 Å². The van der Waals surface area contributed by atoms with Gasteiger partial charge in [-0.2, -0.15) is 0 Å². The quantitative estimate of drug-likeness (QED) is 0.441. The number of benzene rings is 2. The third-order valence-electron chi connectivity index (χ3n) is 8.33. The lowest BCUT2D eigenvalue weighted by Crippen LogP contribution is -2.35. The molecule has 1 amide bonds. The van der Waals surface area contributed by atoms with Crippen molar-refractivity contribution in [1.82, 2.24) is 4.57 Å². The maximum absolute atomic E-state index is 13.4. The van der Waals surface area contributed by atoms with Crippen molar-refractivity contribution in [3.63, 3.8) is 0 Å². The molecule has 1 aromatic heterocycles. The largest absolute Gasteiger partial charge is 0.382 e. The van der Waals surface area contributed by atoms with E-state index >= 15 is 0 Å². The lowest BCUT2D eigenvalue weighted by molar-refractivity contribution is 0.0769. The van der Waals surface area contributed by atoms with E-state index in [1.54, 1.807) is 0 Å². The number of amides is 1. The second-order valence-corrected chi connectivity index (χ2v) is 10.2. The Hall–Kier alpha value is -3.08. The molecule has 1 aliphatic heterocycles. The first kappa shape index (κ1) is 22.7. The number of fused-ring (bicyclic) bond motifs is 3. The first-order chi connectivity index (χ1) is 16.5. The average molecular weight is 458 g/mol. The van der Waals surface area contributed by atoms with Gasteiger partial charge in [0.15, 0.2) is 0 Å². The normalized spacial score (nSPS) is 18.1. The number of primary amides is 1. The van der Waals surface area contributed by atoms with E-state index in [2.05, 4.69) is 31.3 Å². The van der Waals surface area contributed by atoms with Crippen LogP contribution < -0.4 is 11.1 Å². The van der Waals surface area contributed by atoms with Crippen LogP contribution in [0, 0.1) is 5.41 Å². The van der Waals surface area contributed by atoms with Crippen molar-refractivity contribution in [3.8, 4) is 11.1 Å². The molecule has 1 fully saturated rings. The zero-order valence-electron chi connectivity index (χ0n) is 20.3. The summed E-state index contributed by atoms with van der Waals surface area (Å²) < 4.78 is 1.95. The first-order valence-electron chi connectivity index (χ1n) is 12.8. The molecular formula is C29H35N3O2. The highest BCUT2D eigenvalue weighted by molar-refractivity contribution is 6.06. The Morgan fingerprint density at radius 3 is 2.50 bits per heavy atom. The van der Waals surface area contributed by atoms with Crippen LogP contribution in [0.5, 0.6) is 0 Å². The molecule has 3 N–H and O–H groups in total. The summed E-state index contributed by atoms with van der Waals surface area (Å²) in [6, 6.07) is 14.5. The fourth-order valence-corrected chi connectivity index (χ4v) is 6.14. The second-order valence-electron chi connectivity index (χ2n) is 10.2. The summed E-state index contributed by atoms with van der Waals surface area (Å²) in [5, 5.41) is 4.72. The van der Waals surface area contributed by atoms with Crippen LogP contribution in [0.3, 0.4) is 0 Å². The molecule has 2 heterocycles. The van der Waals surface area contributed by atoms with Gasteiger partial charge in [0.25, 0.3) is 5.91 Å². The molecule has 2 aliphatic rings. The highest BCUT2D eigenvalue weighted by Gasteiger charge is 2.39. The van der Waals surface area contributed by atoms with Crippen molar-refractivity contribution in [2.24, 2.45) is 11.1 Å². The number of nitrogens with two attached hydrogens (primary N) is 1. The van der Waals surface area contributed by atoms with Crippen LogP contribution in [0.15, 0.2) is 42.5 Å². The Labute approximate surface area is 201 Å². The van der Waals surface area contributed by atoms with E-state index in [1.165, 1.54) is 19.3 Å². The summed E-state index contributed by atoms with van der Waals surface area (Å²) in [7, 11) is 0. The molecule has 0 unspecified atom stereocenters. The average Bonchev–Trinajstić information content (AvgIpc) is 3.18. The molecule has 5 rings (SSSR count). The van der Waals surface area contributed by atoms with Gasteiger partial charge in [-0.05, 0) is 61.3 Å². The summed E-state index contributed by atoms with van der Waals surface area (Å²) in [5.41, 5.74) is 11.3. The molecule has 2 aromatic carbocycles. The fraction of sp³-hybridized carbons (Fsp3) is 0.448. The summed E-state index contributed by atoms with van der Waals surface area (Å²) in [4.78, 5) is 25.7. The number of rotatable bonds is 6. The molecule has 0 spiro atoms. The van der Waals surface area contributed by atoms with E-state index < -0.39 is 5.91 Å². The van der Waals surface area contributed by atoms with Crippen molar-refractivity contribution in [2.75, 3.05) is 5.32 Å². The van der Waals surface area contributed by atoms with Crippen molar-refractivity contribution in [3.05, 3.63) is 53.7 Å². The third kappa shape index (κ3) is 3.81. The molecule has 3 aromatic rings. The molecule has 34 heavy (non-hydrogen) atoms. The lowest BCUT2D eigenvalue weighted by atomic mass is 9.72. The molecule has 0 bridgehead atoms. The highest BCUT2D eigenvalue weighted by Crippen LogP contribution is 2.46. The molecule has 1 saturated carbocycles. The molecule has 0 radical (unpaired) electrons. The summed E-state index contributed by atoms with van der Waals surface area (Å²) in [5.74, 6) is -0.235. The van der Waals surface area contributed by atoms with E-state index in [-0.39, 0.29) is 11.3 Å². The standard InChI is InChI=1S/C29H35N3O2/c1-3-29(4-2)17-25-27(22-12-8-9-13-24(22)32(25)26(33)18-29)19-14-15-21(28(30)34)23(16-19)31-20-10-6-5-7-11-20/h8-9,12-16,20,31H,3-7,10-11,17-18H2,1-2H3,(H2,30,34). The van der Waals surface area contributed by atoms with Gasteiger partial charge in [0, 0.05) is 34.8 Å². The smallest absolute Gasteiger partial charge is 0.250 e. The van der Waals surface area contributed by atoms with E-state index in [1.807, 2.05) is 34.9 Å². The number of hydrogen-bond acceptors (Lipinski definition) is 3. The van der Waals surface area contributed by atoms with Gasteiger partial charge in [-0.3, -0.25) is 14.2 Å². The highest BCUT2D eigenvalue weighted by atomic mass is 16.2. The number of hydrogen-bond donors (Lipinski definition) is 2. The second kappa shape index (κ2) is 8.94. The van der Waals surface area contributed by atoms with Gasteiger partial charge in [0.2, 0.25) is 5.91 Å². The third-order valence-corrected chi connectivity index (χ3v) is 8.33. The number of nitrogens with one attached hydrogen (secondary N) is 1. The van der Waals surface area contributed by atoms with Gasteiger partial charge in [0.05, 0.1) is 11.1 Å². The summed E-state index contributed by atoms with van der Waals surface area (Å²) >= 11 is 0. The number of carbonyl (C=O) groups excluding carboxylic acids is 2. The van der Waals surface area contributed by atoms with Gasteiger partial charge >= 0.3 is 0 Å². The number of carbonyl (C=O) groups is 2. The molecule has 0 saturated heterocycles. The van der Waals surface area contributed by atoms with Crippen molar-refractivity contribution >= 4 is 28.4 Å². The molecular weight excluding hydrogens is 422 g/mol. The summed E-state index contributed by atoms with van der Waals surface area (Å²) in [6.45, 7) is 4.39. The van der Waals surface area contributed by atoms with E-state index in [9.17, 15) is 9.59 Å². The number of nitrogens with zero attached hydrogens (tertiary/aromatic N) is 1. The van der Waals surface area contributed by atoms with Gasteiger partial charge in [-0.25, -0.2) is 0 Å². The van der Waals surface area contributed by atoms with Crippen molar-refractivity contribution in [2.45, 2.75) is 77.7 Å². The first-order valence-corrected chi connectivity index (χ1v) is 12.8. The van der Waals surface area contributed by atoms with E-state index in [0.29, 0.717) is 18.0 Å². The zero-order chi connectivity index (χ0) is 23.9. The van der Waals surface area contributed by atoms with Gasteiger partial charge in [0.1, 0.15) is 0 Å². The molecule has 1 aliphatic carbocycles. The Morgan fingerprint density at radius 1 is 1.06 bits per heavy atom. The predicted octanol–water partition coefficient (Wildman–Crippen LogP) is 6.54. The van der Waals surface area contributed by atoms with Crippen LogP contribution in [0.4, 0.5) is 5.69 Å².